The molecule has 11 nitrogen and oxygen atoms in total. The summed E-state index contributed by atoms with van der Waals surface area (Å²) in [6, 6.07) is 15.9. The second-order valence-corrected chi connectivity index (χ2v) is 13.6. The van der Waals surface area contributed by atoms with E-state index in [2.05, 4.69) is 15.1 Å². The number of nitrogens with two attached hydrogens (primary N) is 2. The SMILES string of the molecule is COc1c(NC(=O)c2ccc(C)c(N(N)C=C(N)c3c[nH][n+](-c4ccccc4)c3C(F)(F)F)c2)cc(C(C)(C)C)cc1NS(C)(=O)=O. The minimum absolute atomic E-state index is 0.0972. The minimum Gasteiger partial charge on any atom is -0.492 e. The fourth-order valence-electron chi connectivity index (χ4n) is 4.83. The first kappa shape index (κ1) is 34.8. The van der Waals surface area contributed by atoms with E-state index in [4.69, 9.17) is 16.3 Å². The van der Waals surface area contributed by atoms with E-state index in [1.807, 2.05) is 20.8 Å². The molecule has 1 aromatic heterocycles. The number of hydrogen-bond donors (Lipinski definition) is 5. The lowest BCUT2D eigenvalue weighted by atomic mass is 9.86. The largest absolute Gasteiger partial charge is 0.492 e. The van der Waals surface area contributed by atoms with Crippen LogP contribution in [0.25, 0.3) is 11.4 Å². The monoisotopic (exact) mass is 672 g/mol. The number of ether oxygens (including phenoxy) is 1. The molecule has 0 aliphatic carbocycles. The molecule has 0 aliphatic rings. The standard InChI is InChI=1S/C32H36F3N7O4S/c1-19-12-13-20(30(43)39-25-15-21(31(2,3)4)16-26(28(25)46-5)40-47(6,44)45)14-27(19)41(37)18-24(36)23-17-38-42(29(23)32(33,34)35)22-10-8-7-9-11-22/h7-18,40H,36-37H2,1-6H3,(H,39,43)/p+1. The van der Waals surface area contributed by atoms with Crippen LogP contribution in [0, 0.1) is 6.92 Å². The fraction of sp³-hybridized carbons (Fsp3) is 0.250. The number of H-pyrrole nitrogens is 1. The molecule has 1 amide bonds. The fourth-order valence-corrected chi connectivity index (χ4v) is 5.38. The summed E-state index contributed by atoms with van der Waals surface area (Å²) in [6.07, 6.45) is -1.49. The number of amides is 1. The summed E-state index contributed by atoms with van der Waals surface area (Å²) in [4.78, 5) is 13.5. The number of methoxy groups -OCH3 is 1. The van der Waals surface area contributed by atoms with E-state index in [1.54, 1.807) is 49.4 Å². The van der Waals surface area contributed by atoms with Crippen LogP contribution in [0.5, 0.6) is 5.75 Å². The Hall–Kier alpha value is -5.02. The Morgan fingerprint density at radius 2 is 1.68 bits per heavy atom. The van der Waals surface area contributed by atoms with Gasteiger partial charge in [0.2, 0.25) is 15.7 Å². The van der Waals surface area contributed by atoms with Gasteiger partial charge in [-0.25, -0.2) is 14.3 Å². The zero-order valence-corrected chi connectivity index (χ0v) is 27.5. The summed E-state index contributed by atoms with van der Waals surface area (Å²) >= 11 is 0. The lowest BCUT2D eigenvalue weighted by Gasteiger charge is -2.24. The number of aromatic amines is 1. The van der Waals surface area contributed by atoms with Gasteiger partial charge in [-0.15, -0.1) is 0 Å². The van der Waals surface area contributed by atoms with Crippen LogP contribution in [0.4, 0.5) is 30.2 Å². The Balaban J connectivity index is 1.70. The number of rotatable bonds is 9. The van der Waals surface area contributed by atoms with Crippen LogP contribution in [0.2, 0.25) is 0 Å². The van der Waals surface area contributed by atoms with Gasteiger partial charge in [0.15, 0.2) is 5.75 Å². The van der Waals surface area contributed by atoms with E-state index < -0.39 is 33.2 Å². The summed E-state index contributed by atoms with van der Waals surface area (Å²) in [5, 5.41) is 6.42. The third-order valence-electron chi connectivity index (χ3n) is 7.14. The number of anilines is 3. The number of carbonyl (C=O) groups is 1. The normalized spacial score (nSPS) is 12.5. The zero-order chi connectivity index (χ0) is 34.9. The van der Waals surface area contributed by atoms with E-state index in [1.165, 1.54) is 25.3 Å². The number of hydrazine groups is 1. The van der Waals surface area contributed by atoms with Crippen LogP contribution in [-0.2, 0) is 21.6 Å². The summed E-state index contributed by atoms with van der Waals surface area (Å²) in [5.41, 5.74) is 6.49. The van der Waals surface area contributed by atoms with Crippen molar-refractivity contribution < 1.29 is 35.8 Å². The maximum atomic E-state index is 14.2. The van der Waals surface area contributed by atoms with Crippen molar-refractivity contribution in [2.45, 2.75) is 39.3 Å². The number of nitrogens with one attached hydrogen (secondary N) is 3. The number of aromatic nitrogens is 2. The van der Waals surface area contributed by atoms with Crippen LogP contribution in [0.3, 0.4) is 0 Å². The number of aryl methyl sites for hydroxylation is 1. The number of para-hydroxylation sites is 1. The van der Waals surface area contributed by atoms with Crippen LogP contribution >= 0.6 is 0 Å². The molecule has 1 heterocycles. The van der Waals surface area contributed by atoms with E-state index in [9.17, 15) is 26.4 Å². The van der Waals surface area contributed by atoms with Crippen molar-refractivity contribution in [1.29, 1.82) is 0 Å². The van der Waals surface area contributed by atoms with E-state index in [0.717, 1.165) is 33.9 Å². The maximum Gasteiger partial charge on any atom is 0.481 e. The third kappa shape index (κ3) is 8.04. The number of hydrogen-bond acceptors (Lipinski definition) is 7. The van der Waals surface area contributed by atoms with Crippen molar-refractivity contribution in [2.24, 2.45) is 11.6 Å². The van der Waals surface area contributed by atoms with Gasteiger partial charge < -0.3 is 15.8 Å². The molecular formula is C32H37F3N7O4S+. The highest BCUT2D eigenvalue weighted by atomic mass is 32.2. The lowest BCUT2D eigenvalue weighted by molar-refractivity contribution is -0.675. The number of halogens is 3. The highest BCUT2D eigenvalue weighted by Crippen LogP contribution is 2.39. The molecule has 0 atom stereocenters. The number of alkyl halides is 3. The van der Waals surface area contributed by atoms with Crippen molar-refractivity contribution in [3.8, 4) is 11.4 Å². The molecular weight excluding hydrogens is 635 g/mol. The molecule has 0 fully saturated rings. The van der Waals surface area contributed by atoms with Gasteiger partial charge >= 0.3 is 11.9 Å². The first-order valence-electron chi connectivity index (χ1n) is 14.2. The van der Waals surface area contributed by atoms with Crippen LogP contribution in [0.1, 0.15) is 53.5 Å². The lowest BCUT2D eigenvalue weighted by Crippen LogP contribution is -2.41. The van der Waals surface area contributed by atoms with Gasteiger partial charge in [0, 0.05) is 23.9 Å². The van der Waals surface area contributed by atoms with Gasteiger partial charge in [-0.3, -0.25) is 14.5 Å². The van der Waals surface area contributed by atoms with Crippen molar-refractivity contribution in [3.05, 3.63) is 101 Å². The third-order valence-corrected chi connectivity index (χ3v) is 7.73. The molecule has 0 saturated heterocycles. The molecule has 7 N–H and O–H groups in total. The minimum atomic E-state index is -4.76. The predicted molar refractivity (Wildman–Crippen MR) is 175 cm³/mol. The second-order valence-electron chi connectivity index (χ2n) is 11.9. The molecule has 0 radical (unpaired) electrons. The molecule has 4 aromatic rings. The molecule has 0 saturated carbocycles. The first-order chi connectivity index (χ1) is 21.8. The summed E-state index contributed by atoms with van der Waals surface area (Å²) in [6.45, 7) is 7.50. The molecule has 0 spiro atoms. The van der Waals surface area contributed by atoms with E-state index in [0.29, 0.717) is 5.56 Å². The molecule has 250 valence electrons. The van der Waals surface area contributed by atoms with Gasteiger partial charge in [-0.05, 0) is 47.7 Å². The van der Waals surface area contributed by atoms with Gasteiger partial charge in [-0.2, -0.15) is 18.3 Å². The molecule has 0 aliphatic heterocycles. The Morgan fingerprint density at radius 3 is 2.26 bits per heavy atom. The molecule has 4 rings (SSSR count). The summed E-state index contributed by atoms with van der Waals surface area (Å²) < 4.78 is 75.6. The van der Waals surface area contributed by atoms with Gasteiger partial charge in [-0.1, -0.05) is 49.7 Å². The molecule has 0 bridgehead atoms. The number of carbonyl (C=O) groups excluding carboxylic acids is 1. The Morgan fingerprint density at radius 1 is 1.04 bits per heavy atom. The van der Waals surface area contributed by atoms with Gasteiger partial charge in [0.25, 0.3) is 5.91 Å². The van der Waals surface area contributed by atoms with Crippen molar-refractivity contribution >= 4 is 38.7 Å². The smallest absolute Gasteiger partial charge is 0.481 e. The van der Waals surface area contributed by atoms with Crippen molar-refractivity contribution in [3.63, 3.8) is 0 Å². The number of sulfonamides is 1. The van der Waals surface area contributed by atoms with Crippen LogP contribution < -0.4 is 36.0 Å². The zero-order valence-electron chi connectivity index (χ0n) is 26.7. The Bertz CT molecular complexity index is 1930. The van der Waals surface area contributed by atoms with Gasteiger partial charge in [0.05, 0.1) is 42.3 Å². The quantitative estimate of drug-likeness (QED) is 0.0930. The Kier molecular flexibility index (Phi) is 9.64. The van der Waals surface area contributed by atoms with Gasteiger partial charge in [0.1, 0.15) is 5.56 Å². The molecule has 0 unspecified atom stereocenters. The summed E-state index contributed by atoms with van der Waals surface area (Å²) in [7, 11) is -2.34. The van der Waals surface area contributed by atoms with Crippen molar-refractivity contribution in [2.75, 3.05) is 28.4 Å². The molecule has 15 heteroatoms. The predicted octanol–water partition coefficient (Wildman–Crippen LogP) is 5.19. The maximum absolute atomic E-state index is 14.2. The van der Waals surface area contributed by atoms with Crippen LogP contribution in [-0.4, -0.2) is 32.8 Å². The average molecular weight is 673 g/mol. The van der Waals surface area contributed by atoms with E-state index >= 15 is 0 Å². The topological polar surface area (TPSA) is 159 Å². The summed E-state index contributed by atoms with van der Waals surface area (Å²) in [5.74, 6) is 5.80. The number of benzene rings is 3. The highest BCUT2D eigenvalue weighted by molar-refractivity contribution is 7.92. The Labute approximate surface area is 271 Å². The molecule has 47 heavy (non-hydrogen) atoms. The molecule has 3 aromatic carbocycles. The van der Waals surface area contributed by atoms with E-state index in [-0.39, 0.29) is 45.3 Å². The van der Waals surface area contributed by atoms with Crippen LogP contribution in [0.15, 0.2) is 73.1 Å². The first-order valence-corrected chi connectivity index (χ1v) is 16.1. The highest BCUT2D eigenvalue weighted by Gasteiger charge is 2.47. The number of nitrogens with zero attached hydrogens (tertiary/aromatic N) is 2. The second kappa shape index (κ2) is 13.0. The van der Waals surface area contributed by atoms with Crippen molar-refractivity contribution in [1.82, 2.24) is 5.10 Å². The average Bonchev–Trinajstić information content (AvgIpc) is 3.43.